The highest BCUT2D eigenvalue weighted by Crippen LogP contribution is 2.34. The molecule has 0 spiro atoms. The summed E-state index contributed by atoms with van der Waals surface area (Å²) in [4.78, 5) is 26.5. The number of aryl methyl sites for hydroxylation is 1. The van der Waals surface area contributed by atoms with Gasteiger partial charge in [-0.25, -0.2) is 4.79 Å². The van der Waals surface area contributed by atoms with Gasteiger partial charge in [0.05, 0.1) is 0 Å². The van der Waals surface area contributed by atoms with E-state index in [1.54, 1.807) is 0 Å². The Morgan fingerprint density at radius 1 is 1.04 bits per heavy atom. The molecule has 0 saturated heterocycles. The quantitative estimate of drug-likeness (QED) is 0.913. The lowest BCUT2D eigenvalue weighted by atomic mass is 9.96. The van der Waals surface area contributed by atoms with Crippen LogP contribution in [0.25, 0.3) is 0 Å². The number of carbonyl (C=O) groups is 2. The summed E-state index contributed by atoms with van der Waals surface area (Å²) in [6, 6.07) is 16.7. The SMILES string of the molecule is CNC(=O)NC(=O)[C@H](c1ccccc1)N1CCCc2ccccc21. The van der Waals surface area contributed by atoms with Gasteiger partial charge in [-0.3, -0.25) is 10.1 Å². The molecular weight excluding hydrogens is 302 g/mol. The largest absolute Gasteiger partial charge is 0.356 e. The van der Waals surface area contributed by atoms with Crippen molar-refractivity contribution in [2.75, 3.05) is 18.5 Å². The summed E-state index contributed by atoms with van der Waals surface area (Å²) in [6.07, 6.45) is 1.98. The number of nitrogens with one attached hydrogen (secondary N) is 2. The lowest BCUT2D eigenvalue weighted by Gasteiger charge is -2.37. The smallest absolute Gasteiger partial charge is 0.321 e. The molecule has 3 rings (SSSR count). The molecule has 1 aliphatic heterocycles. The van der Waals surface area contributed by atoms with Gasteiger partial charge in [-0.05, 0) is 30.0 Å². The number of anilines is 1. The van der Waals surface area contributed by atoms with Gasteiger partial charge in [0.15, 0.2) is 0 Å². The Bertz CT molecular complexity index is 730. The topological polar surface area (TPSA) is 61.4 Å². The molecule has 1 heterocycles. The number of hydrogen-bond acceptors (Lipinski definition) is 3. The standard InChI is InChI=1S/C19H21N3O2/c1-20-19(24)21-18(23)17(15-9-3-2-4-10-15)22-13-7-11-14-8-5-6-12-16(14)22/h2-6,8-10,12,17H,7,11,13H2,1H3,(H2,20,21,23,24)/t17-/m0/s1. The predicted octanol–water partition coefficient (Wildman–Crippen LogP) is 2.64. The predicted molar refractivity (Wildman–Crippen MR) is 93.9 cm³/mol. The molecule has 0 aromatic heterocycles. The third-order valence-corrected chi connectivity index (χ3v) is 4.29. The second-order valence-electron chi connectivity index (χ2n) is 5.81. The van der Waals surface area contributed by atoms with Crippen molar-refractivity contribution in [3.63, 3.8) is 0 Å². The fourth-order valence-corrected chi connectivity index (χ4v) is 3.18. The maximum absolute atomic E-state index is 12.8. The first-order chi connectivity index (χ1) is 11.7. The number of benzene rings is 2. The molecule has 0 unspecified atom stereocenters. The number of rotatable bonds is 3. The third kappa shape index (κ3) is 3.25. The van der Waals surface area contributed by atoms with Crippen LogP contribution < -0.4 is 15.5 Å². The van der Waals surface area contributed by atoms with Crippen LogP contribution in [-0.2, 0) is 11.2 Å². The summed E-state index contributed by atoms with van der Waals surface area (Å²) in [5, 5.41) is 4.86. The molecule has 3 amide bonds. The lowest BCUT2D eigenvalue weighted by Crippen LogP contribution is -2.47. The lowest BCUT2D eigenvalue weighted by molar-refractivity contribution is -0.121. The van der Waals surface area contributed by atoms with Gasteiger partial charge < -0.3 is 10.2 Å². The molecule has 1 atom stereocenters. The molecule has 0 saturated carbocycles. The van der Waals surface area contributed by atoms with E-state index in [1.807, 2.05) is 48.5 Å². The van der Waals surface area contributed by atoms with Crippen molar-refractivity contribution in [1.29, 1.82) is 0 Å². The van der Waals surface area contributed by atoms with Gasteiger partial charge in [-0.1, -0.05) is 48.5 Å². The van der Waals surface area contributed by atoms with Crippen LogP contribution in [0.1, 0.15) is 23.6 Å². The summed E-state index contributed by atoms with van der Waals surface area (Å²) in [6.45, 7) is 0.776. The molecular formula is C19H21N3O2. The molecule has 5 heteroatoms. The zero-order valence-corrected chi connectivity index (χ0v) is 13.7. The van der Waals surface area contributed by atoms with E-state index < -0.39 is 12.1 Å². The number of nitrogens with zero attached hydrogens (tertiary/aromatic N) is 1. The zero-order chi connectivity index (χ0) is 16.9. The zero-order valence-electron chi connectivity index (χ0n) is 13.7. The first kappa shape index (κ1) is 16.1. The van der Waals surface area contributed by atoms with E-state index in [9.17, 15) is 9.59 Å². The maximum atomic E-state index is 12.8. The average Bonchev–Trinajstić information content (AvgIpc) is 2.63. The maximum Gasteiger partial charge on any atom is 0.321 e. The minimum absolute atomic E-state index is 0.322. The summed E-state index contributed by atoms with van der Waals surface area (Å²) < 4.78 is 0. The van der Waals surface area contributed by atoms with Crippen molar-refractivity contribution in [2.45, 2.75) is 18.9 Å². The van der Waals surface area contributed by atoms with Crippen LogP contribution in [0, 0.1) is 0 Å². The highest BCUT2D eigenvalue weighted by Gasteiger charge is 2.31. The van der Waals surface area contributed by atoms with Crippen LogP contribution in [0.2, 0.25) is 0 Å². The molecule has 0 fully saturated rings. The molecule has 0 radical (unpaired) electrons. The van der Waals surface area contributed by atoms with Gasteiger partial charge in [0.2, 0.25) is 0 Å². The fourth-order valence-electron chi connectivity index (χ4n) is 3.18. The average molecular weight is 323 g/mol. The molecule has 0 bridgehead atoms. The Morgan fingerprint density at radius 3 is 2.50 bits per heavy atom. The number of amides is 3. The van der Waals surface area contributed by atoms with E-state index in [0.29, 0.717) is 0 Å². The normalized spacial score (nSPS) is 14.5. The number of imide groups is 1. The number of para-hydroxylation sites is 1. The second kappa shape index (κ2) is 7.17. The molecule has 2 N–H and O–H groups in total. The van der Waals surface area contributed by atoms with Crippen molar-refractivity contribution in [3.05, 3.63) is 65.7 Å². The number of urea groups is 1. The Kier molecular flexibility index (Phi) is 4.79. The Labute approximate surface area is 141 Å². The van der Waals surface area contributed by atoms with E-state index in [1.165, 1.54) is 12.6 Å². The van der Waals surface area contributed by atoms with Crippen molar-refractivity contribution in [3.8, 4) is 0 Å². The highest BCUT2D eigenvalue weighted by atomic mass is 16.2. The van der Waals surface area contributed by atoms with Crippen molar-refractivity contribution < 1.29 is 9.59 Å². The van der Waals surface area contributed by atoms with Crippen LogP contribution in [-0.4, -0.2) is 25.5 Å². The molecule has 2 aromatic carbocycles. The van der Waals surface area contributed by atoms with Gasteiger partial charge >= 0.3 is 6.03 Å². The molecule has 0 aliphatic carbocycles. The van der Waals surface area contributed by atoms with Gasteiger partial charge in [-0.2, -0.15) is 0 Å². The van der Waals surface area contributed by atoms with E-state index in [2.05, 4.69) is 21.6 Å². The molecule has 2 aromatic rings. The first-order valence-corrected chi connectivity index (χ1v) is 8.13. The third-order valence-electron chi connectivity index (χ3n) is 4.29. The monoisotopic (exact) mass is 323 g/mol. The molecule has 124 valence electrons. The summed E-state index contributed by atoms with van der Waals surface area (Å²) in [5.74, 6) is -0.322. The molecule has 5 nitrogen and oxygen atoms in total. The Hall–Kier alpha value is -2.82. The Morgan fingerprint density at radius 2 is 1.75 bits per heavy atom. The van der Waals surface area contributed by atoms with Crippen LogP contribution in [0.15, 0.2) is 54.6 Å². The first-order valence-electron chi connectivity index (χ1n) is 8.13. The number of hydrogen-bond donors (Lipinski definition) is 2. The molecule has 1 aliphatic rings. The van der Waals surface area contributed by atoms with Crippen molar-refractivity contribution in [2.24, 2.45) is 0 Å². The van der Waals surface area contributed by atoms with Gasteiger partial charge in [0.1, 0.15) is 6.04 Å². The summed E-state index contributed by atoms with van der Waals surface area (Å²) in [7, 11) is 1.50. The fraction of sp³-hybridized carbons (Fsp3) is 0.263. The summed E-state index contributed by atoms with van der Waals surface area (Å²) >= 11 is 0. The summed E-state index contributed by atoms with van der Waals surface area (Å²) in [5.41, 5.74) is 3.16. The van der Waals surface area contributed by atoms with Crippen molar-refractivity contribution in [1.82, 2.24) is 10.6 Å². The molecule has 24 heavy (non-hydrogen) atoms. The van der Waals surface area contributed by atoms with Crippen LogP contribution in [0.5, 0.6) is 0 Å². The van der Waals surface area contributed by atoms with Crippen LogP contribution in [0.4, 0.5) is 10.5 Å². The van der Waals surface area contributed by atoms with E-state index in [4.69, 9.17) is 0 Å². The number of fused-ring (bicyclic) bond motifs is 1. The van der Waals surface area contributed by atoms with E-state index in [0.717, 1.165) is 30.6 Å². The second-order valence-corrected chi connectivity index (χ2v) is 5.81. The van der Waals surface area contributed by atoms with Crippen LogP contribution >= 0.6 is 0 Å². The van der Waals surface area contributed by atoms with Crippen LogP contribution in [0.3, 0.4) is 0 Å². The minimum Gasteiger partial charge on any atom is -0.356 e. The van der Waals surface area contributed by atoms with Crippen molar-refractivity contribution >= 4 is 17.6 Å². The number of carbonyl (C=O) groups excluding carboxylic acids is 2. The highest BCUT2D eigenvalue weighted by molar-refractivity contribution is 5.99. The van der Waals surface area contributed by atoms with Gasteiger partial charge in [-0.15, -0.1) is 0 Å². The van der Waals surface area contributed by atoms with E-state index >= 15 is 0 Å². The van der Waals surface area contributed by atoms with Gasteiger partial charge in [0.25, 0.3) is 5.91 Å². The van der Waals surface area contributed by atoms with E-state index in [-0.39, 0.29) is 5.91 Å². The van der Waals surface area contributed by atoms with Gasteiger partial charge in [0, 0.05) is 19.3 Å². The minimum atomic E-state index is -0.537. The Balaban J connectivity index is 2.00.